The van der Waals surface area contributed by atoms with E-state index < -0.39 is 27.9 Å². The van der Waals surface area contributed by atoms with Crippen molar-refractivity contribution in [3.63, 3.8) is 0 Å². The van der Waals surface area contributed by atoms with Gasteiger partial charge in [-0.1, -0.05) is 12.1 Å². The Balaban J connectivity index is 1.62. The van der Waals surface area contributed by atoms with E-state index in [9.17, 15) is 27.6 Å². The normalized spacial score (nSPS) is 19.5. The summed E-state index contributed by atoms with van der Waals surface area (Å²) in [6, 6.07) is 9.35. The van der Waals surface area contributed by atoms with Crippen molar-refractivity contribution in [1.82, 2.24) is 4.90 Å². The first-order valence-electron chi connectivity index (χ1n) is 10.0. The Hall–Kier alpha value is -2.85. The number of hydrogen-bond donors (Lipinski definition) is 1. The van der Waals surface area contributed by atoms with Crippen molar-refractivity contribution < 1.29 is 27.6 Å². The number of halogens is 1. The molecule has 2 amide bonds. The zero-order valence-electron chi connectivity index (χ0n) is 16.8. The van der Waals surface area contributed by atoms with Crippen LogP contribution in [-0.4, -0.2) is 42.7 Å². The summed E-state index contributed by atoms with van der Waals surface area (Å²) < 4.78 is 28.3. The fourth-order valence-electron chi connectivity index (χ4n) is 3.96. The molecule has 2 aromatic carbocycles. The van der Waals surface area contributed by atoms with Gasteiger partial charge in [-0.2, -0.15) is 0 Å². The molecule has 8 nitrogen and oxygen atoms in total. The number of benzene rings is 2. The third-order valence-electron chi connectivity index (χ3n) is 5.56. The van der Waals surface area contributed by atoms with Crippen LogP contribution >= 0.6 is 15.9 Å². The van der Waals surface area contributed by atoms with Crippen LogP contribution in [0.25, 0.3) is 0 Å². The van der Waals surface area contributed by atoms with Crippen molar-refractivity contribution >= 4 is 55.0 Å². The summed E-state index contributed by atoms with van der Waals surface area (Å²) in [7, 11) is -3.95. The fraction of sp³-hybridized carbons (Fsp3) is 0.273. The van der Waals surface area contributed by atoms with Crippen molar-refractivity contribution in [3.8, 4) is 0 Å². The zero-order chi connectivity index (χ0) is 23.0. The molecule has 1 atom stereocenters. The molecule has 2 aliphatic rings. The average Bonchev–Trinajstić information content (AvgIpc) is 2.97. The van der Waals surface area contributed by atoms with Gasteiger partial charge in [-0.05, 0) is 59.1 Å². The molecular weight excluding hydrogens is 500 g/mol. The van der Waals surface area contributed by atoms with Crippen LogP contribution in [0, 0.1) is 0 Å². The second-order valence-corrected chi connectivity index (χ2v) is 10.2. The molecule has 1 unspecified atom stereocenters. The SMILES string of the molecule is O=C1CCCC(=O)C(N2C(=O)c3ccc(NS(=O)(=O)c4ccccc4Br)cc3C2=O)CC1. The molecule has 0 radical (unpaired) electrons. The van der Waals surface area contributed by atoms with Gasteiger partial charge in [-0.3, -0.25) is 28.8 Å². The predicted molar refractivity (Wildman–Crippen MR) is 119 cm³/mol. The number of nitrogens with one attached hydrogen (secondary N) is 1. The number of carbonyl (C=O) groups excluding carboxylic acids is 4. The van der Waals surface area contributed by atoms with E-state index in [1.54, 1.807) is 18.2 Å². The van der Waals surface area contributed by atoms with Crippen LogP contribution in [0.5, 0.6) is 0 Å². The molecule has 1 saturated carbocycles. The highest BCUT2D eigenvalue weighted by atomic mass is 79.9. The second kappa shape index (κ2) is 8.59. The highest BCUT2D eigenvalue weighted by molar-refractivity contribution is 9.10. The number of sulfonamides is 1. The van der Waals surface area contributed by atoms with E-state index in [0.29, 0.717) is 17.3 Å². The largest absolute Gasteiger partial charge is 0.300 e. The summed E-state index contributed by atoms with van der Waals surface area (Å²) in [5, 5.41) is 0. The fourth-order valence-corrected chi connectivity index (χ4v) is 6.02. The van der Waals surface area contributed by atoms with E-state index in [0.717, 1.165) is 4.90 Å². The van der Waals surface area contributed by atoms with Crippen LogP contribution in [0.1, 0.15) is 52.8 Å². The van der Waals surface area contributed by atoms with Gasteiger partial charge in [0.2, 0.25) is 0 Å². The van der Waals surface area contributed by atoms with Crippen molar-refractivity contribution in [2.75, 3.05) is 4.72 Å². The summed E-state index contributed by atoms with van der Waals surface area (Å²) in [6.45, 7) is 0. The minimum Gasteiger partial charge on any atom is -0.300 e. The maximum Gasteiger partial charge on any atom is 0.263 e. The standard InChI is InChI=1S/C22H19BrN2O6S/c23-17-5-1-2-7-20(17)32(30,31)24-13-8-10-15-16(12-13)22(29)25(21(15)28)18-11-9-14(26)4-3-6-19(18)27/h1-2,5,7-8,10,12,18,24H,3-4,6,9,11H2. The van der Waals surface area contributed by atoms with Crippen LogP contribution in [0.2, 0.25) is 0 Å². The smallest absolute Gasteiger partial charge is 0.263 e. The zero-order valence-corrected chi connectivity index (χ0v) is 19.2. The van der Waals surface area contributed by atoms with Crippen LogP contribution in [0.3, 0.4) is 0 Å². The van der Waals surface area contributed by atoms with Crippen molar-refractivity contribution in [1.29, 1.82) is 0 Å². The Morgan fingerprint density at radius 3 is 2.38 bits per heavy atom. The Morgan fingerprint density at radius 2 is 1.62 bits per heavy atom. The minimum atomic E-state index is -3.95. The highest BCUT2D eigenvalue weighted by Gasteiger charge is 2.43. The molecule has 1 N–H and O–H groups in total. The molecule has 1 aliphatic heterocycles. The third-order valence-corrected chi connectivity index (χ3v) is 7.95. The van der Waals surface area contributed by atoms with Gasteiger partial charge in [0.25, 0.3) is 21.8 Å². The number of amides is 2. The Kier molecular flexibility index (Phi) is 6.00. The maximum atomic E-state index is 13.1. The molecule has 2 aromatic rings. The van der Waals surface area contributed by atoms with Gasteiger partial charge in [0.1, 0.15) is 10.7 Å². The van der Waals surface area contributed by atoms with Gasteiger partial charge in [0.05, 0.1) is 17.2 Å². The first-order chi connectivity index (χ1) is 15.2. The van der Waals surface area contributed by atoms with Gasteiger partial charge < -0.3 is 0 Å². The molecule has 1 heterocycles. The van der Waals surface area contributed by atoms with Crippen molar-refractivity contribution in [2.45, 2.75) is 43.0 Å². The number of ketones is 2. The lowest BCUT2D eigenvalue weighted by Gasteiger charge is -2.26. The van der Waals surface area contributed by atoms with Gasteiger partial charge in [-0.25, -0.2) is 8.42 Å². The Bertz CT molecular complexity index is 1260. The molecule has 166 valence electrons. The first kappa shape index (κ1) is 22.3. The van der Waals surface area contributed by atoms with E-state index >= 15 is 0 Å². The monoisotopic (exact) mass is 518 g/mol. The predicted octanol–water partition coefficient (Wildman–Crippen LogP) is 3.32. The Morgan fingerprint density at radius 1 is 0.906 bits per heavy atom. The van der Waals surface area contributed by atoms with Crippen molar-refractivity contribution in [3.05, 3.63) is 58.1 Å². The number of nitrogens with zero attached hydrogens (tertiary/aromatic N) is 1. The lowest BCUT2D eigenvalue weighted by Crippen LogP contribution is -2.45. The maximum absolute atomic E-state index is 13.1. The molecular formula is C22H19BrN2O6S. The first-order valence-corrected chi connectivity index (χ1v) is 12.3. The molecule has 1 aliphatic carbocycles. The highest BCUT2D eigenvalue weighted by Crippen LogP contribution is 2.31. The van der Waals surface area contributed by atoms with E-state index in [1.807, 2.05) is 0 Å². The van der Waals surface area contributed by atoms with Gasteiger partial charge in [-0.15, -0.1) is 0 Å². The van der Waals surface area contributed by atoms with Gasteiger partial charge >= 0.3 is 0 Å². The van der Waals surface area contributed by atoms with E-state index in [-0.39, 0.29) is 52.5 Å². The summed E-state index contributed by atoms with van der Waals surface area (Å²) in [6.07, 6.45) is 1.08. The van der Waals surface area contributed by atoms with Crippen LogP contribution in [0.4, 0.5) is 5.69 Å². The van der Waals surface area contributed by atoms with Crippen LogP contribution in [-0.2, 0) is 19.6 Å². The van der Waals surface area contributed by atoms with Gasteiger partial charge in [0, 0.05) is 29.4 Å². The summed E-state index contributed by atoms with van der Waals surface area (Å²) >= 11 is 3.21. The number of carbonyl (C=O) groups is 4. The van der Waals surface area contributed by atoms with E-state index in [2.05, 4.69) is 20.7 Å². The van der Waals surface area contributed by atoms with Gasteiger partial charge in [0.15, 0.2) is 5.78 Å². The molecule has 0 spiro atoms. The number of Topliss-reactive ketones (excluding diaryl/α,β-unsaturated/α-hetero) is 2. The van der Waals surface area contributed by atoms with Crippen LogP contribution in [0.15, 0.2) is 51.8 Å². The Labute approximate surface area is 193 Å². The summed E-state index contributed by atoms with van der Waals surface area (Å²) in [5.41, 5.74) is 0.227. The topological polar surface area (TPSA) is 118 Å². The minimum absolute atomic E-state index is 0.00266. The quantitative estimate of drug-likeness (QED) is 0.620. The third kappa shape index (κ3) is 4.12. The van der Waals surface area contributed by atoms with Crippen LogP contribution < -0.4 is 4.72 Å². The number of rotatable bonds is 4. The molecule has 4 rings (SSSR count). The second-order valence-electron chi connectivity index (χ2n) is 7.69. The number of imide groups is 1. The van der Waals surface area contributed by atoms with E-state index in [4.69, 9.17) is 0 Å². The molecule has 32 heavy (non-hydrogen) atoms. The average molecular weight is 519 g/mol. The number of hydrogen-bond acceptors (Lipinski definition) is 6. The molecule has 1 fully saturated rings. The molecule has 0 saturated heterocycles. The number of fused-ring (bicyclic) bond motifs is 1. The molecule has 0 aromatic heterocycles. The lowest BCUT2D eigenvalue weighted by atomic mass is 9.94. The lowest BCUT2D eigenvalue weighted by molar-refractivity contribution is -0.125. The van der Waals surface area contributed by atoms with Crippen molar-refractivity contribution in [2.24, 2.45) is 0 Å². The number of anilines is 1. The molecule has 10 heteroatoms. The van der Waals surface area contributed by atoms with E-state index in [1.165, 1.54) is 24.3 Å². The molecule has 0 bridgehead atoms. The summed E-state index contributed by atoms with van der Waals surface area (Å²) in [4.78, 5) is 51.3. The summed E-state index contributed by atoms with van der Waals surface area (Å²) in [5.74, 6) is -1.53.